The van der Waals surface area contributed by atoms with Crippen LogP contribution in [0, 0.1) is 0 Å². The highest BCUT2D eigenvalue weighted by Crippen LogP contribution is 2.08. The lowest BCUT2D eigenvalue weighted by Gasteiger charge is -2.07. The topological polar surface area (TPSA) is 93.2 Å². The van der Waals surface area contributed by atoms with Gasteiger partial charge in [0, 0.05) is 13.6 Å². The van der Waals surface area contributed by atoms with E-state index in [0.29, 0.717) is 24.3 Å². The van der Waals surface area contributed by atoms with Crippen molar-refractivity contribution >= 4 is 11.6 Å². The first-order chi connectivity index (χ1) is 7.52. The van der Waals surface area contributed by atoms with Crippen molar-refractivity contribution in [2.24, 2.45) is 7.05 Å². The maximum absolute atomic E-state index is 11.7. The Morgan fingerprint density at radius 1 is 1.75 bits per heavy atom. The van der Waals surface area contributed by atoms with Crippen molar-refractivity contribution in [3.63, 3.8) is 0 Å². The molecule has 0 saturated heterocycles. The Labute approximate surface area is 94.4 Å². The van der Waals surface area contributed by atoms with Crippen LogP contribution >= 0.6 is 0 Å². The van der Waals surface area contributed by atoms with Crippen LogP contribution in [0.4, 0.5) is 5.69 Å². The zero-order valence-electron chi connectivity index (χ0n) is 9.60. The second-order valence-corrected chi connectivity index (χ2v) is 3.82. The molecule has 1 atom stereocenters. The average molecular weight is 226 g/mol. The van der Waals surface area contributed by atoms with Crippen molar-refractivity contribution < 1.29 is 9.90 Å². The van der Waals surface area contributed by atoms with Gasteiger partial charge in [-0.3, -0.25) is 9.48 Å². The molecule has 16 heavy (non-hydrogen) atoms. The lowest BCUT2D eigenvalue weighted by molar-refractivity contribution is 0.0941. The van der Waals surface area contributed by atoms with Gasteiger partial charge in [0.15, 0.2) is 0 Å². The number of nitrogens with two attached hydrogens (primary N) is 1. The highest BCUT2D eigenvalue weighted by Gasteiger charge is 2.13. The number of aromatic nitrogens is 2. The molecule has 1 amide bonds. The minimum atomic E-state index is -0.335. The molecule has 90 valence electrons. The number of anilines is 1. The second kappa shape index (κ2) is 5.50. The molecule has 0 bridgehead atoms. The quantitative estimate of drug-likeness (QED) is 0.611. The number of nitrogen functional groups attached to an aromatic ring is 1. The van der Waals surface area contributed by atoms with Gasteiger partial charge in [0.25, 0.3) is 5.91 Å². The van der Waals surface area contributed by atoms with E-state index in [9.17, 15) is 4.79 Å². The molecule has 1 unspecified atom stereocenters. The Morgan fingerprint density at radius 2 is 2.44 bits per heavy atom. The van der Waals surface area contributed by atoms with E-state index in [-0.39, 0.29) is 12.0 Å². The molecule has 1 rings (SSSR count). The van der Waals surface area contributed by atoms with Gasteiger partial charge in [0.05, 0.1) is 18.0 Å². The molecule has 4 N–H and O–H groups in total. The average Bonchev–Trinajstić information content (AvgIpc) is 2.53. The highest BCUT2D eigenvalue weighted by atomic mass is 16.3. The minimum absolute atomic E-state index is 0.233. The van der Waals surface area contributed by atoms with Crippen LogP contribution in [0.3, 0.4) is 0 Å². The van der Waals surface area contributed by atoms with Crippen LogP contribution in [0.15, 0.2) is 6.20 Å². The van der Waals surface area contributed by atoms with E-state index < -0.39 is 0 Å². The van der Waals surface area contributed by atoms with E-state index in [1.165, 1.54) is 10.9 Å². The zero-order chi connectivity index (χ0) is 12.1. The Balaban J connectivity index is 2.41. The van der Waals surface area contributed by atoms with Crippen LogP contribution in [0.5, 0.6) is 0 Å². The molecule has 1 aromatic rings. The van der Waals surface area contributed by atoms with Crippen LogP contribution < -0.4 is 11.1 Å². The summed E-state index contributed by atoms with van der Waals surface area (Å²) in [5.41, 5.74) is 6.35. The highest BCUT2D eigenvalue weighted by molar-refractivity contribution is 5.97. The third-order valence-corrected chi connectivity index (χ3v) is 2.27. The number of aliphatic hydroxyl groups excluding tert-OH is 1. The van der Waals surface area contributed by atoms with Crippen molar-refractivity contribution in [3.05, 3.63) is 11.9 Å². The maximum Gasteiger partial charge on any atom is 0.271 e. The predicted molar refractivity (Wildman–Crippen MR) is 60.9 cm³/mol. The second-order valence-electron chi connectivity index (χ2n) is 3.82. The largest absolute Gasteiger partial charge is 0.396 e. The number of aliphatic hydroxyl groups is 1. The summed E-state index contributed by atoms with van der Waals surface area (Å²) < 4.78 is 1.44. The molecule has 0 spiro atoms. The first-order valence-electron chi connectivity index (χ1n) is 5.26. The smallest absolute Gasteiger partial charge is 0.271 e. The van der Waals surface area contributed by atoms with Crippen LogP contribution in [0.1, 0.15) is 30.3 Å². The molecule has 1 aromatic heterocycles. The van der Waals surface area contributed by atoms with Crippen LogP contribution in [0.25, 0.3) is 0 Å². The van der Waals surface area contributed by atoms with Gasteiger partial charge >= 0.3 is 0 Å². The number of amides is 1. The number of nitrogens with zero attached hydrogens (tertiary/aromatic N) is 2. The van der Waals surface area contributed by atoms with Crippen LogP contribution in [-0.4, -0.2) is 33.4 Å². The molecule has 0 aliphatic rings. The van der Waals surface area contributed by atoms with Crippen molar-refractivity contribution in [2.45, 2.75) is 25.9 Å². The SMILES string of the molecule is CC(O)CCCNC(=O)c1c(N)cnn1C. The molecule has 0 aromatic carbocycles. The molecular formula is C10H18N4O2. The normalized spacial score (nSPS) is 12.4. The molecule has 6 heteroatoms. The third kappa shape index (κ3) is 3.23. The molecule has 0 aliphatic heterocycles. The van der Waals surface area contributed by atoms with Gasteiger partial charge in [-0.2, -0.15) is 5.10 Å². The maximum atomic E-state index is 11.7. The summed E-state index contributed by atoms with van der Waals surface area (Å²) in [4.78, 5) is 11.7. The fraction of sp³-hybridized carbons (Fsp3) is 0.600. The van der Waals surface area contributed by atoms with E-state index in [2.05, 4.69) is 10.4 Å². The molecule has 0 radical (unpaired) electrons. The van der Waals surface area contributed by atoms with Crippen molar-refractivity contribution in [1.29, 1.82) is 0 Å². The molecule has 6 nitrogen and oxygen atoms in total. The first kappa shape index (κ1) is 12.5. The minimum Gasteiger partial charge on any atom is -0.396 e. The summed E-state index contributed by atoms with van der Waals surface area (Å²) in [6.07, 6.45) is 2.52. The van der Waals surface area contributed by atoms with Crippen molar-refractivity contribution in [3.8, 4) is 0 Å². The van der Waals surface area contributed by atoms with Crippen LogP contribution in [-0.2, 0) is 7.05 Å². The number of nitrogens with one attached hydrogen (secondary N) is 1. The van der Waals surface area contributed by atoms with Gasteiger partial charge in [0.1, 0.15) is 5.69 Å². The lowest BCUT2D eigenvalue weighted by Crippen LogP contribution is -2.27. The molecule has 0 fully saturated rings. The fourth-order valence-corrected chi connectivity index (χ4v) is 1.42. The third-order valence-electron chi connectivity index (χ3n) is 2.27. The molecule has 1 heterocycles. The number of rotatable bonds is 5. The predicted octanol–water partition coefficient (Wildman–Crippen LogP) is -0.107. The van der Waals surface area contributed by atoms with Crippen molar-refractivity contribution in [1.82, 2.24) is 15.1 Å². The summed E-state index contributed by atoms with van der Waals surface area (Å²) >= 11 is 0. The van der Waals surface area contributed by atoms with E-state index in [0.717, 1.165) is 6.42 Å². The summed E-state index contributed by atoms with van der Waals surface area (Å²) in [5.74, 6) is -0.233. The number of carbonyl (C=O) groups excluding carboxylic acids is 1. The summed E-state index contributed by atoms with van der Waals surface area (Å²) in [5, 5.41) is 15.7. The van der Waals surface area contributed by atoms with E-state index >= 15 is 0 Å². The standard InChI is InChI=1S/C10H18N4O2/c1-7(15)4-3-5-12-10(16)9-8(11)6-13-14(9)2/h6-7,15H,3-5,11H2,1-2H3,(H,12,16). The Morgan fingerprint density at radius 3 is 2.94 bits per heavy atom. The van der Waals surface area contributed by atoms with Gasteiger partial charge < -0.3 is 16.2 Å². The monoisotopic (exact) mass is 226 g/mol. The molecular weight excluding hydrogens is 208 g/mol. The molecule has 0 aliphatic carbocycles. The van der Waals surface area contributed by atoms with E-state index in [4.69, 9.17) is 10.8 Å². The summed E-state index contributed by atoms with van der Waals surface area (Å²) in [7, 11) is 1.67. The van der Waals surface area contributed by atoms with Crippen molar-refractivity contribution in [2.75, 3.05) is 12.3 Å². The van der Waals surface area contributed by atoms with E-state index in [1.54, 1.807) is 14.0 Å². The van der Waals surface area contributed by atoms with E-state index in [1.807, 2.05) is 0 Å². The number of carbonyl (C=O) groups is 1. The fourth-order valence-electron chi connectivity index (χ4n) is 1.42. The lowest BCUT2D eigenvalue weighted by atomic mass is 10.2. The van der Waals surface area contributed by atoms with Gasteiger partial charge in [0.2, 0.25) is 0 Å². The van der Waals surface area contributed by atoms with Gasteiger partial charge in [-0.15, -0.1) is 0 Å². The number of aryl methyl sites for hydroxylation is 1. The number of hydrogen-bond donors (Lipinski definition) is 3. The first-order valence-corrected chi connectivity index (χ1v) is 5.26. The summed E-state index contributed by atoms with van der Waals surface area (Å²) in [6, 6.07) is 0. The van der Waals surface area contributed by atoms with Gasteiger partial charge in [-0.1, -0.05) is 0 Å². The zero-order valence-corrected chi connectivity index (χ0v) is 9.60. The summed E-state index contributed by atoms with van der Waals surface area (Å²) in [6.45, 7) is 2.25. The van der Waals surface area contributed by atoms with Gasteiger partial charge in [-0.05, 0) is 19.8 Å². The van der Waals surface area contributed by atoms with Gasteiger partial charge in [-0.25, -0.2) is 0 Å². The molecule has 0 saturated carbocycles. The number of hydrogen-bond acceptors (Lipinski definition) is 4. The Hall–Kier alpha value is -1.56. The Bertz CT molecular complexity index is 340. The Kier molecular flexibility index (Phi) is 4.30. The van der Waals surface area contributed by atoms with Crippen LogP contribution in [0.2, 0.25) is 0 Å².